The number of rotatable bonds is 12. The zero-order valence-electron chi connectivity index (χ0n) is 19.3. The first-order chi connectivity index (χ1) is 15.9. The van der Waals surface area contributed by atoms with Crippen molar-refractivity contribution in [2.75, 3.05) is 14.2 Å². The second-order valence-electron chi connectivity index (χ2n) is 8.13. The Morgan fingerprint density at radius 2 is 1.79 bits per heavy atom. The molecule has 0 unspecified atom stereocenters. The van der Waals surface area contributed by atoms with E-state index < -0.39 is 12.1 Å². The van der Waals surface area contributed by atoms with E-state index >= 15 is 0 Å². The Balaban J connectivity index is 1.81. The number of benzene rings is 2. The molecule has 176 valence electrons. The van der Waals surface area contributed by atoms with Gasteiger partial charge in [0.25, 0.3) is 0 Å². The summed E-state index contributed by atoms with van der Waals surface area (Å²) in [6.45, 7) is 1.92. The number of aromatic nitrogens is 1. The molecule has 0 aliphatic heterocycles. The molecule has 2 aromatic carbocycles. The van der Waals surface area contributed by atoms with E-state index in [0.717, 1.165) is 35.4 Å². The van der Waals surface area contributed by atoms with Crippen LogP contribution in [0.4, 0.5) is 0 Å². The number of methoxy groups -OCH3 is 2. The lowest BCUT2D eigenvalue weighted by molar-refractivity contribution is -0.136. The molecule has 0 aliphatic rings. The summed E-state index contributed by atoms with van der Waals surface area (Å²) in [7, 11) is 3.21. The molecule has 0 aliphatic carbocycles. The van der Waals surface area contributed by atoms with Crippen LogP contribution >= 0.6 is 11.3 Å². The largest absolute Gasteiger partial charge is 0.496 e. The number of nitrogens with zero attached hydrogens (tertiary/aromatic N) is 1. The number of hydrogen-bond acceptors (Lipinski definition) is 6. The van der Waals surface area contributed by atoms with Crippen LogP contribution in [0.15, 0.2) is 48.7 Å². The van der Waals surface area contributed by atoms with Gasteiger partial charge in [0.15, 0.2) is 0 Å². The smallest absolute Gasteiger partial charge is 0.308 e. The van der Waals surface area contributed by atoms with Crippen molar-refractivity contribution in [3.63, 3.8) is 0 Å². The number of aliphatic carboxylic acids is 1. The topological polar surface area (TPSA) is 88.9 Å². The van der Waals surface area contributed by atoms with Crippen molar-refractivity contribution in [3.8, 4) is 11.5 Å². The summed E-state index contributed by atoms with van der Waals surface area (Å²) >= 11 is 1.40. The summed E-state index contributed by atoms with van der Waals surface area (Å²) in [5.41, 5.74) is 2.89. The third kappa shape index (κ3) is 6.79. The molecule has 1 aromatic heterocycles. The number of hydrogen-bond donors (Lipinski definition) is 2. The maximum Gasteiger partial charge on any atom is 0.308 e. The lowest BCUT2D eigenvalue weighted by Crippen LogP contribution is -2.16. The maximum absolute atomic E-state index is 11.4. The minimum Gasteiger partial charge on any atom is -0.496 e. The summed E-state index contributed by atoms with van der Waals surface area (Å²) in [5, 5.41) is 21.3. The summed E-state index contributed by atoms with van der Waals surface area (Å²) < 4.78 is 11.0. The van der Waals surface area contributed by atoms with Crippen molar-refractivity contribution in [2.24, 2.45) is 5.92 Å². The molecule has 0 fully saturated rings. The Morgan fingerprint density at radius 1 is 1.12 bits per heavy atom. The number of aliphatic hydroxyl groups excluding tert-OH is 1. The summed E-state index contributed by atoms with van der Waals surface area (Å²) in [5.74, 6) is 0.381. The fourth-order valence-electron chi connectivity index (χ4n) is 4.03. The van der Waals surface area contributed by atoms with Gasteiger partial charge < -0.3 is 19.7 Å². The minimum atomic E-state index is -0.872. The van der Waals surface area contributed by atoms with Crippen LogP contribution in [0, 0.1) is 12.8 Å². The lowest BCUT2D eigenvalue weighted by Gasteiger charge is -2.24. The summed E-state index contributed by atoms with van der Waals surface area (Å²) in [6, 6.07) is 14.0. The van der Waals surface area contributed by atoms with Gasteiger partial charge in [0.1, 0.15) is 11.5 Å². The molecular weight excluding hydrogens is 438 g/mol. The SMILES string of the molecule is COc1cc([C@@H](O)[C@@H](CCCc2ccccc2)Cc2ncc(CC(=O)O)s2)cc(OC)c1C. The summed E-state index contributed by atoms with van der Waals surface area (Å²) in [4.78, 5) is 16.2. The van der Waals surface area contributed by atoms with Crippen molar-refractivity contribution in [1.29, 1.82) is 0 Å². The van der Waals surface area contributed by atoms with Gasteiger partial charge in [0.05, 0.1) is 31.8 Å². The zero-order valence-corrected chi connectivity index (χ0v) is 20.1. The number of aliphatic hydroxyl groups is 1. The average Bonchev–Trinajstić information content (AvgIpc) is 3.24. The summed E-state index contributed by atoms with van der Waals surface area (Å²) in [6.07, 6.45) is 4.05. The van der Waals surface area contributed by atoms with Gasteiger partial charge in [-0.15, -0.1) is 11.3 Å². The Hall–Kier alpha value is -2.90. The predicted octanol–water partition coefficient (Wildman–Crippen LogP) is 5.01. The molecule has 0 saturated carbocycles. The van der Waals surface area contributed by atoms with E-state index in [1.165, 1.54) is 16.9 Å². The molecule has 1 heterocycles. The highest BCUT2D eigenvalue weighted by Crippen LogP contribution is 2.37. The average molecular weight is 470 g/mol. The van der Waals surface area contributed by atoms with Gasteiger partial charge in [-0.05, 0) is 55.4 Å². The monoisotopic (exact) mass is 469 g/mol. The van der Waals surface area contributed by atoms with Crippen molar-refractivity contribution >= 4 is 17.3 Å². The number of aryl methyl sites for hydroxylation is 1. The standard InChI is InChI=1S/C26H31NO5S/c1-17-22(31-2)12-20(13-23(17)32-3)26(30)19(11-7-10-18-8-5-4-6-9-18)14-24-27-16-21(33-24)15-25(28)29/h4-6,8-9,12-13,16,19,26,30H,7,10-11,14-15H2,1-3H3,(H,28,29)/t19-,26-/m0/s1. The molecule has 6 nitrogen and oxygen atoms in total. The molecule has 0 amide bonds. The fourth-order valence-corrected chi connectivity index (χ4v) is 5.04. The van der Waals surface area contributed by atoms with Crippen molar-refractivity contribution < 1.29 is 24.5 Å². The third-order valence-corrected chi connectivity index (χ3v) is 6.83. The minimum absolute atomic E-state index is 0.0365. The van der Waals surface area contributed by atoms with E-state index in [-0.39, 0.29) is 12.3 Å². The van der Waals surface area contributed by atoms with Crippen molar-refractivity contribution in [1.82, 2.24) is 4.98 Å². The van der Waals surface area contributed by atoms with Gasteiger partial charge in [-0.3, -0.25) is 4.79 Å². The second kappa shape index (κ2) is 11.8. The number of thiazole rings is 1. The van der Waals surface area contributed by atoms with Gasteiger partial charge in [0.2, 0.25) is 0 Å². The van der Waals surface area contributed by atoms with Gasteiger partial charge in [-0.1, -0.05) is 30.3 Å². The maximum atomic E-state index is 11.4. The van der Waals surface area contributed by atoms with Crippen LogP contribution in [0.1, 0.15) is 45.5 Å². The Bertz CT molecular complexity index is 1020. The van der Waals surface area contributed by atoms with Crippen molar-refractivity contribution in [3.05, 3.63) is 75.2 Å². The van der Waals surface area contributed by atoms with E-state index in [2.05, 4.69) is 17.1 Å². The van der Waals surface area contributed by atoms with E-state index in [1.807, 2.05) is 37.3 Å². The number of carbonyl (C=O) groups is 1. The van der Waals surface area contributed by atoms with Crippen LogP contribution in [-0.4, -0.2) is 35.4 Å². The molecule has 7 heteroatoms. The molecule has 0 bridgehead atoms. The molecule has 0 spiro atoms. The van der Waals surface area contributed by atoms with E-state index in [4.69, 9.17) is 14.6 Å². The number of ether oxygens (including phenoxy) is 2. The molecule has 0 radical (unpaired) electrons. The highest BCUT2D eigenvalue weighted by atomic mass is 32.1. The van der Waals surface area contributed by atoms with Gasteiger partial charge in [-0.25, -0.2) is 4.98 Å². The zero-order chi connectivity index (χ0) is 23.8. The Labute approximate surface area is 198 Å². The second-order valence-corrected chi connectivity index (χ2v) is 9.33. The number of carboxylic acids is 1. The normalized spacial score (nSPS) is 12.8. The molecule has 2 N–H and O–H groups in total. The van der Waals surface area contributed by atoms with Crippen LogP contribution in [0.2, 0.25) is 0 Å². The third-order valence-electron chi connectivity index (χ3n) is 5.81. The highest BCUT2D eigenvalue weighted by molar-refractivity contribution is 7.11. The first-order valence-electron chi connectivity index (χ1n) is 11.0. The van der Waals surface area contributed by atoms with E-state index in [9.17, 15) is 9.90 Å². The van der Waals surface area contributed by atoms with E-state index in [0.29, 0.717) is 22.8 Å². The lowest BCUT2D eigenvalue weighted by atomic mass is 9.87. The van der Waals surface area contributed by atoms with Gasteiger partial charge in [-0.2, -0.15) is 0 Å². The molecular formula is C26H31NO5S. The predicted molar refractivity (Wildman–Crippen MR) is 129 cm³/mol. The first-order valence-corrected chi connectivity index (χ1v) is 11.8. The molecule has 33 heavy (non-hydrogen) atoms. The number of carboxylic acid groups (broad SMARTS) is 1. The quantitative estimate of drug-likeness (QED) is 0.388. The van der Waals surface area contributed by atoms with Crippen LogP contribution in [0.3, 0.4) is 0 Å². The van der Waals surface area contributed by atoms with Crippen LogP contribution < -0.4 is 9.47 Å². The Morgan fingerprint density at radius 3 is 2.39 bits per heavy atom. The highest BCUT2D eigenvalue weighted by Gasteiger charge is 2.25. The fraction of sp³-hybridized carbons (Fsp3) is 0.385. The molecule has 2 atom stereocenters. The molecule has 3 rings (SSSR count). The van der Waals surface area contributed by atoms with Crippen molar-refractivity contribution in [2.45, 2.75) is 45.1 Å². The van der Waals surface area contributed by atoms with E-state index in [1.54, 1.807) is 20.4 Å². The van der Waals surface area contributed by atoms with Gasteiger partial charge in [0, 0.05) is 23.1 Å². The first kappa shape index (κ1) is 24.7. The Kier molecular flexibility index (Phi) is 8.86. The molecule has 0 saturated heterocycles. The van der Waals surface area contributed by atoms with Crippen LogP contribution in [0.5, 0.6) is 11.5 Å². The van der Waals surface area contributed by atoms with Crippen LogP contribution in [-0.2, 0) is 24.1 Å². The van der Waals surface area contributed by atoms with Gasteiger partial charge >= 0.3 is 5.97 Å². The molecule has 3 aromatic rings. The van der Waals surface area contributed by atoms with Crippen LogP contribution in [0.25, 0.3) is 0 Å².